The summed E-state index contributed by atoms with van der Waals surface area (Å²) in [5.41, 5.74) is 2.06. The van der Waals surface area contributed by atoms with E-state index in [0.717, 1.165) is 5.56 Å². The molecule has 0 aromatic heterocycles. The number of esters is 1. The van der Waals surface area contributed by atoms with Crippen LogP contribution in [-0.2, 0) is 26.2 Å². The van der Waals surface area contributed by atoms with Gasteiger partial charge in [0.2, 0.25) is 10.0 Å². The van der Waals surface area contributed by atoms with Gasteiger partial charge in [0.25, 0.3) is 0 Å². The molecule has 0 aliphatic heterocycles. The molecule has 0 saturated heterocycles. The van der Waals surface area contributed by atoms with Crippen LogP contribution < -0.4 is 4.72 Å². The largest absolute Gasteiger partial charge is 0.460 e. The average molecular weight is 361 g/mol. The summed E-state index contributed by atoms with van der Waals surface area (Å²) >= 11 is 0. The molecule has 134 valence electrons. The van der Waals surface area contributed by atoms with E-state index in [1.165, 1.54) is 24.6 Å². The molecule has 0 aliphatic carbocycles. The van der Waals surface area contributed by atoms with Gasteiger partial charge in [0.05, 0.1) is 4.90 Å². The zero-order chi connectivity index (χ0) is 18.4. The minimum absolute atomic E-state index is 0.106. The summed E-state index contributed by atoms with van der Waals surface area (Å²) in [6, 6.07) is 14.7. The van der Waals surface area contributed by atoms with Crippen LogP contribution in [0.3, 0.4) is 0 Å². The molecule has 2 aromatic carbocycles. The number of nitrogens with one attached hydrogen (secondary N) is 1. The van der Waals surface area contributed by atoms with E-state index in [1.54, 1.807) is 18.2 Å². The predicted octanol–water partition coefficient (Wildman–Crippen LogP) is 3.22. The van der Waals surface area contributed by atoms with E-state index in [1.807, 2.05) is 24.3 Å². The first kappa shape index (κ1) is 19.1. The summed E-state index contributed by atoms with van der Waals surface area (Å²) in [5.74, 6) is -0.184. The summed E-state index contributed by atoms with van der Waals surface area (Å²) in [5, 5.41) is 0. The number of hydrogen-bond acceptors (Lipinski definition) is 4. The lowest BCUT2D eigenvalue weighted by Crippen LogP contribution is -2.39. The Bertz CT molecular complexity index is 799. The normalized spacial score (nSPS) is 12.8. The third-order valence-electron chi connectivity index (χ3n) is 3.77. The van der Waals surface area contributed by atoms with Crippen LogP contribution in [0.25, 0.3) is 0 Å². The summed E-state index contributed by atoms with van der Waals surface area (Å²) in [6.07, 6.45) is 0. The van der Waals surface area contributed by atoms with Crippen molar-refractivity contribution in [2.75, 3.05) is 0 Å². The van der Waals surface area contributed by atoms with Crippen LogP contribution in [0.1, 0.15) is 37.8 Å². The van der Waals surface area contributed by atoms with E-state index in [4.69, 9.17) is 4.74 Å². The average Bonchev–Trinajstić information content (AvgIpc) is 2.60. The highest BCUT2D eigenvalue weighted by Crippen LogP contribution is 2.15. The number of carbonyl (C=O) groups excluding carboxylic acids is 1. The number of ether oxygens (including phenoxy) is 1. The van der Waals surface area contributed by atoms with Gasteiger partial charge in [0.1, 0.15) is 12.6 Å². The van der Waals surface area contributed by atoms with Crippen LogP contribution in [0.2, 0.25) is 0 Å². The monoisotopic (exact) mass is 361 g/mol. The third-order valence-corrected chi connectivity index (χ3v) is 5.32. The Morgan fingerprint density at radius 1 is 1.00 bits per heavy atom. The predicted molar refractivity (Wildman–Crippen MR) is 96.6 cm³/mol. The van der Waals surface area contributed by atoms with Gasteiger partial charge in [-0.2, -0.15) is 4.72 Å². The van der Waals surface area contributed by atoms with Crippen LogP contribution in [-0.4, -0.2) is 20.4 Å². The Labute approximate surface area is 149 Å². The molecule has 1 unspecified atom stereocenters. The van der Waals surface area contributed by atoms with E-state index in [-0.39, 0.29) is 11.5 Å². The molecule has 1 N–H and O–H groups in total. The molecule has 0 heterocycles. The van der Waals surface area contributed by atoms with E-state index in [9.17, 15) is 13.2 Å². The second-order valence-corrected chi connectivity index (χ2v) is 7.87. The molecule has 2 aromatic rings. The van der Waals surface area contributed by atoms with Crippen molar-refractivity contribution in [1.29, 1.82) is 0 Å². The van der Waals surface area contributed by atoms with Crippen molar-refractivity contribution in [3.05, 3.63) is 65.7 Å². The van der Waals surface area contributed by atoms with Crippen LogP contribution in [0.15, 0.2) is 59.5 Å². The number of rotatable bonds is 7. The Morgan fingerprint density at radius 2 is 1.60 bits per heavy atom. The Kier molecular flexibility index (Phi) is 6.33. The maximum absolute atomic E-state index is 12.2. The molecule has 6 heteroatoms. The summed E-state index contributed by atoms with van der Waals surface area (Å²) in [7, 11) is -3.75. The Morgan fingerprint density at radius 3 is 2.16 bits per heavy atom. The Balaban J connectivity index is 1.92. The van der Waals surface area contributed by atoms with Crippen molar-refractivity contribution in [2.45, 2.75) is 44.2 Å². The lowest BCUT2D eigenvalue weighted by Gasteiger charge is -2.14. The minimum Gasteiger partial charge on any atom is -0.460 e. The Hall–Kier alpha value is -2.18. The fraction of sp³-hybridized carbons (Fsp3) is 0.316. The van der Waals surface area contributed by atoms with Crippen molar-refractivity contribution >= 4 is 16.0 Å². The number of sulfonamides is 1. The van der Waals surface area contributed by atoms with E-state index in [2.05, 4.69) is 18.6 Å². The molecule has 0 aliphatic rings. The molecule has 5 nitrogen and oxygen atoms in total. The highest BCUT2D eigenvalue weighted by Gasteiger charge is 2.22. The van der Waals surface area contributed by atoms with Crippen LogP contribution in [0.5, 0.6) is 0 Å². The molecule has 1 atom stereocenters. The van der Waals surface area contributed by atoms with E-state index in [0.29, 0.717) is 5.92 Å². The van der Waals surface area contributed by atoms with Gasteiger partial charge < -0.3 is 4.74 Å². The molecular weight excluding hydrogens is 338 g/mol. The molecule has 0 spiro atoms. The van der Waals surface area contributed by atoms with Crippen LogP contribution in [0, 0.1) is 0 Å². The molecule has 0 saturated carbocycles. The van der Waals surface area contributed by atoms with Gasteiger partial charge in [-0.05, 0) is 36.1 Å². The molecule has 25 heavy (non-hydrogen) atoms. The highest BCUT2D eigenvalue weighted by atomic mass is 32.2. The minimum atomic E-state index is -3.75. The first-order valence-corrected chi connectivity index (χ1v) is 9.61. The maximum atomic E-state index is 12.2. The smallest absolute Gasteiger partial charge is 0.324 e. The van der Waals surface area contributed by atoms with Gasteiger partial charge in [0.15, 0.2) is 0 Å². The van der Waals surface area contributed by atoms with Crippen molar-refractivity contribution < 1.29 is 17.9 Å². The van der Waals surface area contributed by atoms with Gasteiger partial charge >= 0.3 is 5.97 Å². The summed E-state index contributed by atoms with van der Waals surface area (Å²) in [4.78, 5) is 12.2. The number of hydrogen-bond donors (Lipinski definition) is 1. The fourth-order valence-electron chi connectivity index (χ4n) is 2.23. The topological polar surface area (TPSA) is 72.5 Å². The zero-order valence-corrected chi connectivity index (χ0v) is 15.4. The van der Waals surface area contributed by atoms with Crippen molar-refractivity contribution in [3.8, 4) is 0 Å². The summed E-state index contributed by atoms with van der Waals surface area (Å²) < 4.78 is 31.9. The lowest BCUT2D eigenvalue weighted by molar-refractivity contribution is -0.146. The second kappa shape index (κ2) is 8.27. The maximum Gasteiger partial charge on any atom is 0.324 e. The molecule has 0 radical (unpaired) electrons. The van der Waals surface area contributed by atoms with E-state index < -0.39 is 22.0 Å². The molecule has 0 bridgehead atoms. The quantitative estimate of drug-likeness (QED) is 0.769. The van der Waals surface area contributed by atoms with Crippen molar-refractivity contribution in [2.24, 2.45) is 0 Å². The second-order valence-electron chi connectivity index (χ2n) is 6.16. The molecule has 0 amide bonds. The van der Waals surface area contributed by atoms with Crippen molar-refractivity contribution in [3.63, 3.8) is 0 Å². The first-order chi connectivity index (χ1) is 11.8. The standard InChI is InChI=1S/C19H23NO4S/c1-14(2)17-11-9-16(10-12-17)13-24-19(21)15(3)20-25(22,23)18-7-5-4-6-8-18/h4-12,14-15,20H,13H2,1-3H3. The fourth-order valence-corrected chi connectivity index (χ4v) is 3.44. The molecule has 2 rings (SSSR count). The van der Waals surface area contributed by atoms with Crippen LogP contribution >= 0.6 is 0 Å². The zero-order valence-electron chi connectivity index (χ0n) is 14.6. The van der Waals surface area contributed by atoms with E-state index >= 15 is 0 Å². The van der Waals surface area contributed by atoms with Gasteiger partial charge in [-0.25, -0.2) is 8.42 Å². The number of carbonyl (C=O) groups is 1. The molecule has 0 fully saturated rings. The van der Waals surface area contributed by atoms with Gasteiger partial charge in [-0.3, -0.25) is 4.79 Å². The third kappa shape index (κ3) is 5.41. The lowest BCUT2D eigenvalue weighted by atomic mass is 10.0. The van der Waals surface area contributed by atoms with Gasteiger partial charge in [-0.1, -0.05) is 56.3 Å². The molecular formula is C19H23NO4S. The van der Waals surface area contributed by atoms with Crippen molar-refractivity contribution in [1.82, 2.24) is 4.72 Å². The number of benzene rings is 2. The highest BCUT2D eigenvalue weighted by molar-refractivity contribution is 7.89. The summed E-state index contributed by atoms with van der Waals surface area (Å²) in [6.45, 7) is 5.78. The van der Waals surface area contributed by atoms with Crippen LogP contribution in [0.4, 0.5) is 0 Å². The van der Waals surface area contributed by atoms with Gasteiger partial charge in [0, 0.05) is 0 Å². The SMILES string of the molecule is CC(NS(=O)(=O)c1ccccc1)C(=O)OCc1ccc(C(C)C)cc1. The van der Waals surface area contributed by atoms with Gasteiger partial charge in [-0.15, -0.1) is 0 Å². The first-order valence-electron chi connectivity index (χ1n) is 8.12.